The molecule has 0 saturated carbocycles. The summed E-state index contributed by atoms with van der Waals surface area (Å²) in [5, 5.41) is 4.81. The Morgan fingerprint density at radius 2 is 2.17 bits per heavy atom. The summed E-state index contributed by atoms with van der Waals surface area (Å²) in [6.07, 6.45) is 2.00. The summed E-state index contributed by atoms with van der Waals surface area (Å²) in [6.45, 7) is 2.14. The van der Waals surface area contributed by atoms with Crippen molar-refractivity contribution in [2.24, 2.45) is 0 Å². The summed E-state index contributed by atoms with van der Waals surface area (Å²) in [7, 11) is -3.30. The predicted molar refractivity (Wildman–Crippen MR) is 98.2 cm³/mol. The van der Waals surface area contributed by atoms with Gasteiger partial charge in [0.05, 0.1) is 17.9 Å². The number of nitrogens with zero attached hydrogens (tertiary/aromatic N) is 1. The molecule has 0 aliphatic carbocycles. The van der Waals surface area contributed by atoms with Crippen molar-refractivity contribution >= 4 is 38.6 Å². The molecular formula is C17H20N2O3S2. The molecule has 0 fully saturated rings. The molecule has 0 bridgehead atoms. The van der Waals surface area contributed by atoms with Gasteiger partial charge in [-0.15, -0.1) is 11.3 Å². The maximum atomic E-state index is 12.3. The van der Waals surface area contributed by atoms with E-state index in [1.165, 1.54) is 4.31 Å². The van der Waals surface area contributed by atoms with E-state index in [-0.39, 0.29) is 11.7 Å². The number of thiophene rings is 1. The quantitative estimate of drug-likeness (QED) is 0.887. The van der Waals surface area contributed by atoms with Crippen LogP contribution >= 0.6 is 11.3 Å². The lowest BCUT2D eigenvalue weighted by molar-refractivity contribution is -0.115. The van der Waals surface area contributed by atoms with Gasteiger partial charge in [-0.2, -0.15) is 0 Å². The van der Waals surface area contributed by atoms with Gasteiger partial charge in [-0.3, -0.25) is 9.10 Å². The second-order valence-corrected chi connectivity index (χ2v) is 8.94. The minimum absolute atomic E-state index is 0.0708. The van der Waals surface area contributed by atoms with Crippen molar-refractivity contribution in [1.82, 2.24) is 0 Å². The largest absolute Gasteiger partial charge is 0.326 e. The molecule has 0 radical (unpaired) electrons. The molecule has 24 heavy (non-hydrogen) atoms. The molecule has 3 rings (SSSR count). The molecule has 1 aliphatic heterocycles. The van der Waals surface area contributed by atoms with Gasteiger partial charge >= 0.3 is 0 Å². The van der Waals surface area contributed by atoms with Crippen LogP contribution < -0.4 is 9.62 Å². The van der Waals surface area contributed by atoms with Crippen LogP contribution in [-0.4, -0.2) is 26.6 Å². The number of benzene rings is 1. The highest BCUT2D eigenvalue weighted by Gasteiger charge is 2.26. The van der Waals surface area contributed by atoms with Crippen LogP contribution in [0.4, 0.5) is 11.4 Å². The second-order valence-electron chi connectivity index (χ2n) is 5.72. The van der Waals surface area contributed by atoms with E-state index in [0.29, 0.717) is 24.3 Å². The van der Waals surface area contributed by atoms with Crippen LogP contribution in [0.15, 0.2) is 35.7 Å². The lowest BCUT2D eigenvalue weighted by Gasteiger charge is -2.30. The average molecular weight is 364 g/mol. The van der Waals surface area contributed by atoms with Gasteiger partial charge < -0.3 is 5.32 Å². The third-order valence-corrected chi connectivity index (χ3v) is 6.72. The van der Waals surface area contributed by atoms with E-state index in [0.717, 1.165) is 23.3 Å². The Morgan fingerprint density at radius 3 is 2.88 bits per heavy atom. The minimum Gasteiger partial charge on any atom is -0.326 e. The van der Waals surface area contributed by atoms with Crippen molar-refractivity contribution in [2.75, 3.05) is 21.9 Å². The molecule has 2 heterocycles. The lowest BCUT2D eigenvalue weighted by Crippen LogP contribution is -2.36. The van der Waals surface area contributed by atoms with Crippen molar-refractivity contribution in [3.63, 3.8) is 0 Å². The summed E-state index contributed by atoms with van der Waals surface area (Å²) in [6, 6.07) is 9.36. The van der Waals surface area contributed by atoms with Crippen LogP contribution in [0.3, 0.4) is 0 Å². The number of fused-ring (bicyclic) bond motifs is 1. The lowest BCUT2D eigenvalue weighted by atomic mass is 10.0. The van der Waals surface area contributed by atoms with E-state index in [1.807, 2.05) is 29.6 Å². The van der Waals surface area contributed by atoms with Gasteiger partial charge in [-0.25, -0.2) is 8.42 Å². The molecule has 5 nitrogen and oxygen atoms in total. The molecule has 0 unspecified atom stereocenters. The first kappa shape index (κ1) is 17.0. The highest BCUT2D eigenvalue weighted by molar-refractivity contribution is 7.92. The third-order valence-electron chi connectivity index (χ3n) is 4.06. The number of amides is 1. The molecule has 0 atom stereocenters. The summed E-state index contributed by atoms with van der Waals surface area (Å²) in [5.74, 6) is -0.0281. The number of aryl methyl sites for hydroxylation is 1. The van der Waals surface area contributed by atoms with E-state index in [2.05, 4.69) is 5.32 Å². The number of carbonyl (C=O) groups excluding carboxylic acids is 1. The second kappa shape index (κ2) is 6.94. The summed E-state index contributed by atoms with van der Waals surface area (Å²) >= 11 is 1.54. The molecule has 1 aliphatic rings. The molecule has 2 aromatic rings. The maximum absolute atomic E-state index is 12.3. The Balaban J connectivity index is 1.82. The minimum atomic E-state index is -3.30. The molecule has 1 amide bonds. The molecule has 1 aromatic carbocycles. The van der Waals surface area contributed by atoms with Crippen molar-refractivity contribution in [2.45, 2.75) is 26.2 Å². The standard InChI is InChI=1S/C17H20N2O3S2/c1-2-24(21,22)19-9-3-5-13-7-8-14(11-16(13)19)18-17(20)12-15-6-4-10-23-15/h4,6-8,10-11H,2-3,5,9,12H2,1H3,(H,18,20). The number of anilines is 2. The van der Waals surface area contributed by atoms with Gasteiger partial charge in [0, 0.05) is 17.1 Å². The van der Waals surface area contributed by atoms with Crippen LogP contribution in [0.25, 0.3) is 0 Å². The predicted octanol–water partition coefficient (Wildman–Crippen LogP) is 3.03. The van der Waals surface area contributed by atoms with Gasteiger partial charge in [-0.1, -0.05) is 12.1 Å². The molecule has 7 heteroatoms. The van der Waals surface area contributed by atoms with Gasteiger partial charge in [0.25, 0.3) is 0 Å². The van der Waals surface area contributed by atoms with Crippen LogP contribution in [-0.2, 0) is 27.7 Å². The molecule has 0 saturated heterocycles. The first-order valence-corrected chi connectivity index (χ1v) is 10.4. The zero-order valence-corrected chi connectivity index (χ0v) is 15.1. The molecule has 1 aromatic heterocycles. The van der Waals surface area contributed by atoms with E-state index < -0.39 is 10.0 Å². The Morgan fingerprint density at radius 1 is 1.33 bits per heavy atom. The number of hydrogen-bond acceptors (Lipinski definition) is 4. The summed E-state index contributed by atoms with van der Waals surface area (Å²) < 4.78 is 26.1. The Kier molecular flexibility index (Phi) is 4.91. The molecule has 1 N–H and O–H groups in total. The van der Waals surface area contributed by atoms with Crippen LogP contribution in [0, 0.1) is 0 Å². The summed E-state index contributed by atoms with van der Waals surface area (Å²) in [4.78, 5) is 13.1. The molecular weight excluding hydrogens is 344 g/mol. The smallest absolute Gasteiger partial charge is 0.234 e. The fourth-order valence-electron chi connectivity index (χ4n) is 2.84. The SMILES string of the molecule is CCS(=O)(=O)N1CCCc2ccc(NC(=O)Cc3cccs3)cc21. The normalized spacial score (nSPS) is 14.3. The van der Waals surface area contributed by atoms with Crippen LogP contribution in [0.1, 0.15) is 23.8 Å². The molecule has 0 spiro atoms. The van der Waals surface area contributed by atoms with Gasteiger partial charge in [0.2, 0.25) is 15.9 Å². The topological polar surface area (TPSA) is 66.5 Å². The fraction of sp³-hybridized carbons (Fsp3) is 0.353. The van der Waals surface area contributed by atoms with Gasteiger partial charge in [-0.05, 0) is 48.9 Å². The van der Waals surface area contributed by atoms with E-state index >= 15 is 0 Å². The Bertz CT molecular complexity index is 830. The zero-order chi connectivity index (χ0) is 17.2. The highest BCUT2D eigenvalue weighted by atomic mass is 32.2. The van der Waals surface area contributed by atoms with Crippen molar-refractivity contribution in [3.8, 4) is 0 Å². The third kappa shape index (κ3) is 3.62. The van der Waals surface area contributed by atoms with Crippen LogP contribution in [0.5, 0.6) is 0 Å². The number of sulfonamides is 1. The monoisotopic (exact) mass is 364 g/mol. The van der Waals surface area contributed by atoms with E-state index in [9.17, 15) is 13.2 Å². The first-order valence-electron chi connectivity index (χ1n) is 7.95. The van der Waals surface area contributed by atoms with E-state index in [4.69, 9.17) is 0 Å². The van der Waals surface area contributed by atoms with Gasteiger partial charge in [0.15, 0.2) is 0 Å². The van der Waals surface area contributed by atoms with Crippen molar-refractivity contribution < 1.29 is 13.2 Å². The van der Waals surface area contributed by atoms with Crippen molar-refractivity contribution in [3.05, 3.63) is 46.2 Å². The number of carbonyl (C=O) groups is 1. The zero-order valence-electron chi connectivity index (χ0n) is 13.5. The highest BCUT2D eigenvalue weighted by Crippen LogP contribution is 2.32. The Labute approximate surface area is 146 Å². The first-order chi connectivity index (χ1) is 11.5. The average Bonchev–Trinajstić information content (AvgIpc) is 3.07. The maximum Gasteiger partial charge on any atom is 0.234 e. The number of nitrogens with one attached hydrogen (secondary N) is 1. The van der Waals surface area contributed by atoms with Gasteiger partial charge in [0.1, 0.15) is 0 Å². The number of hydrogen-bond donors (Lipinski definition) is 1. The summed E-state index contributed by atoms with van der Waals surface area (Å²) in [5.41, 5.74) is 2.33. The fourth-order valence-corrected chi connectivity index (χ4v) is 4.73. The number of rotatable bonds is 5. The Hall–Kier alpha value is -1.86. The van der Waals surface area contributed by atoms with Crippen molar-refractivity contribution in [1.29, 1.82) is 0 Å². The van der Waals surface area contributed by atoms with E-state index in [1.54, 1.807) is 24.3 Å². The van der Waals surface area contributed by atoms with Crippen LogP contribution in [0.2, 0.25) is 0 Å². The molecule has 128 valence electrons.